The Bertz CT molecular complexity index is 434. The molecule has 0 radical (unpaired) electrons. The lowest BCUT2D eigenvalue weighted by atomic mass is 10.3. The van der Waals surface area contributed by atoms with Crippen molar-refractivity contribution in [2.24, 2.45) is 0 Å². The molecule has 2 aromatic rings. The van der Waals surface area contributed by atoms with E-state index in [0.29, 0.717) is 17.2 Å². The predicted octanol–water partition coefficient (Wildman–Crippen LogP) is 2.96. The van der Waals surface area contributed by atoms with Crippen LogP contribution in [0.5, 0.6) is 11.5 Å². The minimum Gasteiger partial charge on any atom is -0.466 e. The van der Waals surface area contributed by atoms with Gasteiger partial charge in [-0.1, -0.05) is 12.1 Å². The van der Waals surface area contributed by atoms with Gasteiger partial charge in [0.2, 0.25) is 0 Å². The standard InChI is InChI=1S/C11H11NO2/c1-8-10(6-7-13-8)14-11-5-3-2-4-9(11)12/h2-7H,12H2,1H3. The predicted molar refractivity (Wildman–Crippen MR) is 54.4 cm³/mol. The summed E-state index contributed by atoms with van der Waals surface area (Å²) in [6.07, 6.45) is 1.59. The molecule has 0 bridgehead atoms. The SMILES string of the molecule is Cc1occc1Oc1ccccc1N. The van der Waals surface area contributed by atoms with Crippen LogP contribution >= 0.6 is 0 Å². The van der Waals surface area contributed by atoms with Gasteiger partial charge in [0, 0.05) is 6.07 Å². The summed E-state index contributed by atoms with van der Waals surface area (Å²) in [5.41, 5.74) is 6.35. The molecule has 0 fully saturated rings. The number of benzene rings is 1. The molecule has 0 saturated carbocycles. The smallest absolute Gasteiger partial charge is 0.168 e. The van der Waals surface area contributed by atoms with Gasteiger partial charge in [0.25, 0.3) is 0 Å². The van der Waals surface area contributed by atoms with Crippen LogP contribution in [0.25, 0.3) is 0 Å². The summed E-state index contributed by atoms with van der Waals surface area (Å²) >= 11 is 0. The first-order valence-electron chi connectivity index (χ1n) is 4.34. The van der Waals surface area contributed by atoms with E-state index in [1.54, 1.807) is 18.4 Å². The van der Waals surface area contributed by atoms with Crippen molar-refractivity contribution in [3.63, 3.8) is 0 Å². The van der Waals surface area contributed by atoms with Gasteiger partial charge < -0.3 is 14.9 Å². The molecular formula is C11H11NO2. The fraction of sp³-hybridized carbons (Fsp3) is 0.0909. The molecule has 0 spiro atoms. The summed E-state index contributed by atoms with van der Waals surface area (Å²) in [5.74, 6) is 2.09. The largest absolute Gasteiger partial charge is 0.466 e. The molecule has 1 heterocycles. The molecule has 14 heavy (non-hydrogen) atoms. The normalized spacial score (nSPS) is 10.1. The molecule has 2 N–H and O–H groups in total. The summed E-state index contributed by atoms with van der Waals surface area (Å²) in [7, 11) is 0. The summed E-state index contributed by atoms with van der Waals surface area (Å²) in [5, 5.41) is 0. The second kappa shape index (κ2) is 3.46. The fourth-order valence-corrected chi connectivity index (χ4v) is 1.17. The first-order chi connectivity index (χ1) is 6.77. The molecule has 0 aliphatic heterocycles. The van der Waals surface area contributed by atoms with E-state index < -0.39 is 0 Å². The quantitative estimate of drug-likeness (QED) is 0.739. The van der Waals surface area contributed by atoms with Crippen molar-refractivity contribution in [3.05, 3.63) is 42.4 Å². The summed E-state index contributed by atoms with van der Waals surface area (Å²) in [4.78, 5) is 0. The average Bonchev–Trinajstić information content (AvgIpc) is 2.56. The van der Waals surface area contributed by atoms with Gasteiger partial charge in [0.1, 0.15) is 11.5 Å². The van der Waals surface area contributed by atoms with Crippen molar-refractivity contribution in [2.75, 3.05) is 5.73 Å². The molecule has 72 valence electrons. The fourth-order valence-electron chi connectivity index (χ4n) is 1.17. The van der Waals surface area contributed by atoms with Crippen LogP contribution < -0.4 is 10.5 Å². The first kappa shape index (κ1) is 8.69. The van der Waals surface area contributed by atoms with Gasteiger partial charge in [-0.3, -0.25) is 0 Å². The lowest BCUT2D eigenvalue weighted by Gasteiger charge is -2.05. The zero-order chi connectivity index (χ0) is 9.97. The van der Waals surface area contributed by atoms with E-state index in [9.17, 15) is 0 Å². The van der Waals surface area contributed by atoms with Gasteiger partial charge in [0.05, 0.1) is 12.0 Å². The Labute approximate surface area is 82.1 Å². The maximum absolute atomic E-state index is 5.73. The topological polar surface area (TPSA) is 48.4 Å². The van der Waals surface area contributed by atoms with Gasteiger partial charge in [0.15, 0.2) is 5.75 Å². The summed E-state index contributed by atoms with van der Waals surface area (Å²) in [6.45, 7) is 1.84. The number of rotatable bonds is 2. The third-order valence-electron chi connectivity index (χ3n) is 1.95. The number of para-hydroxylation sites is 2. The molecule has 0 saturated heterocycles. The number of hydrogen-bond donors (Lipinski definition) is 1. The van der Waals surface area contributed by atoms with E-state index in [4.69, 9.17) is 14.9 Å². The molecule has 0 aliphatic carbocycles. The molecule has 1 aromatic heterocycles. The zero-order valence-electron chi connectivity index (χ0n) is 7.86. The maximum Gasteiger partial charge on any atom is 0.168 e. The van der Waals surface area contributed by atoms with E-state index in [-0.39, 0.29) is 0 Å². The molecule has 0 atom stereocenters. The lowest BCUT2D eigenvalue weighted by Crippen LogP contribution is -1.91. The van der Waals surface area contributed by atoms with Crippen LogP contribution in [0.3, 0.4) is 0 Å². The van der Waals surface area contributed by atoms with E-state index in [1.165, 1.54) is 0 Å². The molecule has 2 rings (SSSR count). The Hall–Kier alpha value is -1.90. The average molecular weight is 189 g/mol. The van der Waals surface area contributed by atoms with Crippen molar-refractivity contribution in [2.45, 2.75) is 6.92 Å². The number of hydrogen-bond acceptors (Lipinski definition) is 3. The van der Waals surface area contributed by atoms with Crippen molar-refractivity contribution in [1.29, 1.82) is 0 Å². The highest BCUT2D eigenvalue weighted by Gasteiger charge is 2.05. The molecular weight excluding hydrogens is 178 g/mol. The molecule has 0 amide bonds. The number of anilines is 1. The highest BCUT2D eigenvalue weighted by Crippen LogP contribution is 2.29. The second-order valence-corrected chi connectivity index (χ2v) is 2.98. The third kappa shape index (κ3) is 1.57. The highest BCUT2D eigenvalue weighted by atomic mass is 16.5. The van der Waals surface area contributed by atoms with Crippen LogP contribution in [0.2, 0.25) is 0 Å². The van der Waals surface area contributed by atoms with Crippen LogP contribution in [-0.4, -0.2) is 0 Å². The van der Waals surface area contributed by atoms with Gasteiger partial charge >= 0.3 is 0 Å². The minimum absolute atomic E-state index is 0.619. The van der Waals surface area contributed by atoms with Crippen molar-refractivity contribution in [3.8, 4) is 11.5 Å². The first-order valence-corrected chi connectivity index (χ1v) is 4.34. The lowest BCUT2D eigenvalue weighted by molar-refractivity contribution is 0.453. The summed E-state index contributed by atoms with van der Waals surface area (Å²) in [6, 6.07) is 9.12. The van der Waals surface area contributed by atoms with Crippen molar-refractivity contribution in [1.82, 2.24) is 0 Å². The van der Waals surface area contributed by atoms with E-state index in [1.807, 2.05) is 25.1 Å². The number of furan rings is 1. The molecule has 0 aliphatic rings. The second-order valence-electron chi connectivity index (χ2n) is 2.98. The molecule has 3 heteroatoms. The zero-order valence-corrected chi connectivity index (χ0v) is 7.86. The van der Waals surface area contributed by atoms with Gasteiger partial charge in [-0.05, 0) is 19.1 Å². The van der Waals surface area contributed by atoms with Crippen molar-refractivity contribution >= 4 is 5.69 Å². The van der Waals surface area contributed by atoms with Crippen LogP contribution in [0, 0.1) is 6.92 Å². The molecule has 0 unspecified atom stereocenters. The monoisotopic (exact) mass is 189 g/mol. The minimum atomic E-state index is 0.619. The Morgan fingerprint density at radius 1 is 1.14 bits per heavy atom. The number of aryl methyl sites for hydroxylation is 1. The number of nitrogens with two attached hydrogens (primary N) is 1. The van der Waals surface area contributed by atoms with Crippen molar-refractivity contribution < 1.29 is 9.15 Å². The van der Waals surface area contributed by atoms with Crippen LogP contribution in [0.15, 0.2) is 41.0 Å². The van der Waals surface area contributed by atoms with Crippen LogP contribution in [0.4, 0.5) is 5.69 Å². The highest BCUT2D eigenvalue weighted by molar-refractivity contribution is 5.53. The Morgan fingerprint density at radius 3 is 2.57 bits per heavy atom. The number of ether oxygens (including phenoxy) is 1. The Morgan fingerprint density at radius 2 is 1.93 bits per heavy atom. The van der Waals surface area contributed by atoms with Crippen LogP contribution in [-0.2, 0) is 0 Å². The Balaban J connectivity index is 2.28. The molecule has 1 aromatic carbocycles. The molecule has 3 nitrogen and oxygen atoms in total. The Kier molecular flexibility index (Phi) is 2.14. The third-order valence-corrected chi connectivity index (χ3v) is 1.95. The van der Waals surface area contributed by atoms with Crippen LogP contribution in [0.1, 0.15) is 5.76 Å². The van der Waals surface area contributed by atoms with E-state index in [2.05, 4.69) is 0 Å². The van der Waals surface area contributed by atoms with Gasteiger partial charge in [-0.15, -0.1) is 0 Å². The number of nitrogen functional groups attached to an aromatic ring is 1. The van der Waals surface area contributed by atoms with Gasteiger partial charge in [-0.2, -0.15) is 0 Å². The van der Waals surface area contributed by atoms with E-state index >= 15 is 0 Å². The van der Waals surface area contributed by atoms with Gasteiger partial charge in [-0.25, -0.2) is 0 Å². The maximum atomic E-state index is 5.73. The summed E-state index contributed by atoms with van der Waals surface area (Å²) < 4.78 is 10.7. The van der Waals surface area contributed by atoms with E-state index in [0.717, 1.165) is 5.76 Å².